The molecule has 0 saturated carbocycles. The second kappa shape index (κ2) is 3.44. The van der Waals surface area contributed by atoms with Crippen LogP contribution < -0.4 is 19.0 Å². The summed E-state index contributed by atoms with van der Waals surface area (Å²) < 4.78 is 35.0. The number of hydrogen-bond acceptors (Lipinski definition) is 5. The zero-order valence-corrected chi connectivity index (χ0v) is 8.14. The maximum absolute atomic E-state index is 11.3. The van der Waals surface area contributed by atoms with Crippen LogP contribution in [0, 0.1) is 10.2 Å². The lowest BCUT2D eigenvalue weighted by atomic mass is 10.2. The van der Waals surface area contributed by atoms with E-state index in [4.69, 9.17) is 0 Å². The zero-order valence-electron chi connectivity index (χ0n) is 7.38. The average Bonchev–Trinajstić information content (AvgIpc) is 2.41. The third kappa shape index (κ3) is 2.09. The van der Waals surface area contributed by atoms with Crippen LogP contribution in [-0.4, -0.2) is 5.91 Å². The average molecular weight is 232 g/mol. The molecule has 0 spiro atoms. The molecule has 0 atom stereocenters. The molecule has 0 N–H and O–H groups in total. The predicted octanol–water partition coefficient (Wildman–Crippen LogP) is -2.60. The minimum absolute atomic E-state index is 0.0290. The Morgan fingerprint density at radius 1 is 1.27 bits per heavy atom. The van der Waals surface area contributed by atoms with Gasteiger partial charge >= 0.3 is 0 Å². The monoisotopic (exact) mass is 231 g/mol. The van der Waals surface area contributed by atoms with E-state index in [1.807, 2.05) is 0 Å². The third-order valence-corrected chi connectivity index (χ3v) is 2.24. The van der Waals surface area contributed by atoms with E-state index in [2.05, 4.69) is 4.39 Å². The SMILES string of the molecule is O=C1Cc2ccccc2N1O[Cl+3]([O-])([O-])[O-]. The maximum atomic E-state index is 11.3. The number of fused-ring (bicyclic) bond motifs is 1. The molecule has 0 saturated heterocycles. The normalized spacial score (nSPS) is 15.7. The number of anilines is 1. The van der Waals surface area contributed by atoms with Crippen LogP contribution >= 0.6 is 0 Å². The predicted molar refractivity (Wildman–Crippen MR) is 38.7 cm³/mol. The molecule has 0 unspecified atom stereocenters. The number of rotatable bonds is 2. The van der Waals surface area contributed by atoms with Gasteiger partial charge in [-0.3, -0.25) is 4.79 Å². The first kappa shape index (κ1) is 10.3. The number of benzene rings is 1. The fourth-order valence-electron chi connectivity index (χ4n) is 1.39. The van der Waals surface area contributed by atoms with Gasteiger partial charge in [-0.15, -0.1) is 0 Å². The van der Waals surface area contributed by atoms with Crippen LogP contribution in [0.3, 0.4) is 0 Å². The summed E-state index contributed by atoms with van der Waals surface area (Å²) >= 11 is 0. The molecule has 1 aromatic carbocycles. The highest BCUT2D eigenvalue weighted by Crippen LogP contribution is 2.29. The first-order valence-electron chi connectivity index (χ1n) is 3.99. The van der Waals surface area contributed by atoms with Gasteiger partial charge in [0, 0.05) is 0 Å². The van der Waals surface area contributed by atoms with Crippen LogP contribution in [0.5, 0.6) is 0 Å². The van der Waals surface area contributed by atoms with Gasteiger partial charge in [0.15, 0.2) is 0 Å². The quantitative estimate of drug-likeness (QED) is 0.556. The molecule has 0 radical (unpaired) electrons. The third-order valence-electron chi connectivity index (χ3n) is 1.93. The number of carbonyl (C=O) groups excluding carboxylic acids is 1. The molecular formula is C8H6ClNO5. The lowest BCUT2D eigenvalue weighted by Crippen LogP contribution is -2.63. The summed E-state index contributed by atoms with van der Waals surface area (Å²) in [6.45, 7) is 0. The molecule has 0 aromatic heterocycles. The Morgan fingerprint density at radius 2 is 1.93 bits per heavy atom. The number of hydroxylamine groups is 1. The molecule has 0 fully saturated rings. The van der Waals surface area contributed by atoms with E-state index in [0.29, 0.717) is 10.6 Å². The number of carbonyl (C=O) groups is 1. The van der Waals surface area contributed by atoms with Gasteiger partial charge in [0.1, 0.15) is 10.2 Å². The number of hydrogen-bond donors (Lipinski definition) is 0. The Bertz CT molecular complexity index is 402. The van der Waals surface area contributed by atoms with E-state index in [0.717, 1.165) is 0 Å². The van der Waals surface area contributed by atoms with Crippen molar-refractivity contribution in [3.8, 4) is 0 Å². The summed E-state index contributed by atoms with van der Waals surface area (Å²) in [6.07, 6.45) is 0.0290. The van der Waals surface area contributed by atoms with Gasteiger partial charge in [0.05, 0.1) is 12.1 Å². The van der Waals surface area contributed by atoms with Crippen LogP contribution in [-0.2, 0) is 15.6 Å². The Kier molecular flexibility index (Phi) is 2.37. The van der Waals surface area contributed by atoms with Crippen molar-refractivity contribution in [1.29, 1.82) is 0 Å². The smallest absolute Gasteiger partial charge is 0.269 e. The minimum atomic E-state index is -4.65. The summed E-state index contributed by atoms with van der Waals surface area (Å²) in [6, 6.07) is 6.48. The molecule has 6 nitrogen and oxygen atoms in total. The molecule has 15 heavy (non-hydrogen) atoms. The maximum Gasteiger partial charge on any atom is 0.269 e. The van der Waals surface area contributed by atoms with Crippen molar-refractivity contribution in [3.05, 3.63) is 29.8 Å². The number of halogens is 1. The molecule has 7 heteroatoms. The van der Waals surface area contributed by atoms with Crippen LogP contribution in [0.4, 0.5) is 5.69 Å². The van der Waals surface area contributed by atoms with Crippen molar-refractivity contribution in [3.63, 3.8) is 0 Å². The van der Waals surface area contributed by atoms with Gasteiger partial charge in [-0.05, 0) is 16.7 Å². The van der Waals surface area contributed by atoms with E-state index < -0.39 is 16.2 Å². The summed E-state index contributed by atoms with van der Waals surface area (Å²) in [5.74, 6) is -0.580. The van der Waals surface area contributed by atoms with Crippen LogP contribution in [0.1, 0.15) is 5.56 Å². The summed E-state index contributed by atoms with van der Waals surface area (Å²) in [7, 11) is -4.65. The highest BCUT2D eigenvalue weighted by atomic mass is 35.7. The lowest BCUT2D eigenvalue weighted by Gasteiger charge is -2.16. The first-order chi connectivity index (χ1) is 6.97. The van der Waals surface area contributed by atoms with Crippen molar-refractivity contribution in [2.45, 2.75) is 6.42 Å². The molecule has 1 heterocycles. The number of para-hydroxylation sites is 1. The summed E-state index contributed by atoms with van der Waals surface area (Å²) in [4.78, 5) is 11.3. The van der Waals surface area contributed by atoms with E-state index in [9.17, 15) is 18.8 Å². The van der Waals surface area contributed by atoms with Crippen molar-refractivity contribution >= 4 is 11.6 Å². The molecule has 0 aliphatic carbocycles. The highest BCUT2D eigenvalue weighted by Gasteiger charge is 2.38. The van der Waals surface area contributed by atoms with E-state index in [1.54, 1.807) is 18.2 Å². The van der Waals surface area contributed by atoms with Crippen molar-refractivity contribution in [2.75, 3.05) is 5.06 Å². The molecular weight excluding hydrogens is 226 g/mol. The fraction of sp³-hybridized carbons (Fsp3) is 0.125. The molecule has 1 aliphatic rings. The van der Waals surface area contributed by atoms with Crippen molar-refractivity contribution < 1.29 is 33.4 Å². The van der Waals surface area contributed by atoms with Gasteiger partial charge in [-0.1, -0.05) is 18.2 Å². The second-order valence-corrected chi connectivity index (χ2v) is 3.83. The number of amides is 1. The zero-order chi connectivity index (χ0) is 11.1. The standard InChI is InChI=1S/C8H6ClNO5/c11-8-5-6-3-1-2-4-7(6)10(8)15-9(12,13)14/h1-4H,5H2. The van der Waals surface area contributed by atoms with E-state index >= 15 is 0 Å². The second-order valence-electron chi connectivity index (χ2n) is 2.94. The Hall–Kier alpha value is -1.18. The lowest BCUT2D eigenvalue weighted by molar-refractivity contribution is -1.92. The summed E-state index contributed by atoms with van der Waals surface area (Å²) in [5.41, 5.74) is 0.913. The number of nitrogens with zero attached hydrogens (tertiary/aromatic N) is 1. The van der Waals surface area contributed by atoms with Gasteiger partial charge in [0.25, 0.3) is 5.91 Å². The molecule has 80 valence electrons. The topological polar surface area (TPSA) is 98.7 Å². The van der Waals surface area contributed by atoms with Gasteiger partial charge < -0.3 is 0 Å². The Balaban J connectivity index is 2.30. The largest absolute Gasteiger partial charge is 0.271 e. The summed E-state index contributed by atoms with van der Waals surface area (Å²) in [5, 5.41) is 0.499. The van der Waals surface area contributed by atoms with Gasteiger partial charge in [0.2, 0.25) is 4.39 Å². The van der Waals surface area contributed by atoms with Crippen LogP contribution in [0.2, 0.25) is 0 Å². The minimum Gasteiger partial charge on any atom is -0.271 e. The Morgan fingerprint density at radius 3 is 2.60 bits per heavy atom. The first-order valence-corrected chi connectivity index (χ1v) is 5.22. The molecule has 0 bridgehead atoms. The van der Waals surface area contributed by atoms with Crippen molar-refractivity contribution in [2.24, 2.45) is 0 Å². The fourth-order valence-corrected chi connectivity index (χ4v) is 1.71. The molecule has 1 amide bonds. The molecule has 1 aliphatic heterocycles. The van der Waals surface area contributed by atoms with Crippen molar-refractivity contribution in [1.82, 2.24) is 0 Å². The van der Waals surface area contributed by atoms with Gasteiger partial charge in [-0.2, -0.15) is 14.0 Å². The van der Waals surface area contributed by atoms with E-state index in [-0.39, 0.29) is 12.1 Å². The van der Waals surface area contributed by atoms with Crippen LogP contribution in [0.25, 0.3) is 0 Å². The van der Waals surface area contributed by atoms with Gasteiger partial charge in [-0.25, -0.2) is 0 Å². The highest BCUT2D eigenvalue weighted by molar-refractivity contribution is 5.99. The molecule has 2 rings (SSSR count). The Labute approximate surface area is 87.0 Å². The van der Waals surface area contributed by atoms with Crippen LogP contribution in [0.15, 0.2) is 24.3 Å². The molecule has 1 aromatic rings. The van der Waals surface area contributed by atoms with E-state index in [1.165, 1.54) is 6.07 Å².